The standard InChI is InChI=1S/C34H32N2O6/c1-23(19-20-27-14-8-5-9-15-27)42-34(38)31-25(3)35-24(2)30(32(31)28-17-10-18-29(22-28)36(39)40)33(37)41-21-11-16-26-12-6-4-7-13-26/h4-20,22-23,32,35H,21H2,1-3H3/b16-11+,20-19?. The number of allylic oxidation sites excluding steroid dienone is 2. The monoisotopic (exact) mass is 564 g/mol. The molecule has 1 N–H and O–H groups in total. The molecule has 3 aromatic rings. The summed E-state index contributed by atoms with van der Waals surface area (Å²) in [5.41, 5.74) is 3.46. The topological polar surface area (TPSA) is 108 Å². The number of nitrogens with zero attached hydrogens (tertiary/aromatic N) is 1. The molecule has 0 amide bonds. The van der Waals surface area contributed by atoms with Crippen molar-refractivity contribution in [1.29, 1.82) is 0 Å². The van der Waals surface area contributed by atoms with Gasteiger partial charge in [-0.05, 0) is 49.6 Å². The minimum Gasteiger partial charge on any atom is -0.458 e. The number of nitro groups is 1. The van der Waals surface area contributed by atoms with Crippen LogP contribution in [0.2, 0.25) is 0 Å². The number of non-ortho nitro benzene ring substituents is 1. The van der Waals surface area contributed by atoms with E-state index in [1.54, 1.807) is 39.0 Å². The van der Waals surface area contributed by atoms with Crippen LogP contribution in [0.4, 0.5) is 5.69 Å². The van der Waals surface area contributed by atoms with Gasteiger partial charge in [0, 0.05) is 23.5 Å². The summed E-state index contributed by atoms with van der Waals surface area (Å²) in [5, 5.41) is 14.7. The summed E-state index contributed by atoms with van der Waals surface area (Å²) in [7, 11) is 0. The van der Waals surface area contributed by atoms with E-state index < -0.39 is 28.9 Å². The van der Waals surface area contributed by atoms with Gasteiger partial charge >= 0.3 is 11.9 Å². The number of esters is 2. The van der Waals surface area contributed by atoms with Crippen LogP contribution in [0.1, 0.15) is 43.4 Å². The van der Waals surface area contributed by atoms with Gasteiger partial charge in [-0.3, -0.25) is 10.1 Å². The van der Waals surface area contributed by atoms with Gasteiger partial charge in [0.1, 0.15) is 12.7 Å². The lowest BCUT2D eigenvalue weighted by Gasteiger charge is -2.30. The summed E-state index contributed by atoms with van der Waals surface area (Å²) in [5.74, 6) is -2.25. The summed E-state index contributed by atoms with van der Waals surface area (Å²) >= 11 is 0. The van der Waals surface area contributed by atoms with E-state index in [0.717, 1.165) is 11.1 Å². The van der Waals surface area contributed by atoms with Gasteiger partial charge in [0.05, 0.1) is 22.0 Å². The van der Waals surface area contributed by atoms with Crippen LogP contribution in [0.15, 0.2) is 120 Å². The van der Waals surface area contributed by atoms with E-state index in [-0.39, 0.29) is 23.4 Å². The van der Waals surface area contributed by atoms with Crippen molar-refractivity contribution in [2.45, 2.75) is 32.8 Å². The van der Waals surface area contributed by atoms with Gasteiger partial charge in [-0.1, -0.05) is 84.9 Å². The van der Waals surface area contributed by atoms with Gasteiger partial charge in [-0.25, -0.2) is 9.59 Å². The first-order chi connectivity index (χ1) is 20.2. The Kier molecular flexibility index (Phi) is 9.84. The number of hydrogen-bond donors (Lipinski definition) is 1. The lowest BCUT2D eigenvalue weighted by Crippen LogP contribution is -2.33. The summed E-state index contributed by atoms with van der Waals surface area (Å²) in [4.78, 5) is 38.2. The molecule has 1 aliphatic heterocycles. The van der Waals surface area contributed by atoms with Gasteiger partial charge in [-0.15, -0.1) is 0 Å². The molecule has 0 fully saturated rings. The van der Waals surface area contributed by atoms with Crippen LogP contribution in [0.25, 0.3) is 12.2 Å². The first-order valence-corrected chi connectivity index (χ1v) is 13.5. The Morgan fingerprint density at radius 2 is 1.48 bits per heavy atom. The van der Waals surface area contributed by atoms with Crippen LogP contribution in [0, 0.1) is 10.1 Å². The fraction of sp³-hybridized carbons (Fsp3) is 0.176. The third kappa shape index (κ3) is 7.48. The second-order valence-electron chi connectivity index (χ2n) is 9.78. The number of rotatable bonds is 10. The van der Waals surface area contributed by atoms with Crippen LogP contribution < -0.4 is 5.32 Å². The number of dihydropyridines is 1. The highest BCUT2D eigenvalue weighted by Gasteiger charge is 2.38. The van der Waals surface area contributed by atoms with Gasteiger partial charge in [0.25, 0.3) is 5.69 Å². The van der Waals surface area contributed by atoms with E-state index in [1.165, 1.54) is 18.2 Å². The van der Waals surface area contributed by atoms with Crippen LogP contribution in [-0.2, 0) is 19.1 Å². The average Bonchev–Trinajstić information content (AvgIpc) is 2.98. The minimum atomic E-state index is -0.949. The van der Waals surface area contributed by atoms with E-state index in [2.05, 4.69) is 5.32 Å². The van der Waals surface area contributed by atoms with Crippen LogP contribution in [-0.4, -0.2) is 29.6 Å². The Labute approximate surface area is 244 Å². The number of nitro benzene ring substituents is 1. The molecular formula is C34H32N2O6. The van der Waals surface area contributed by atoms with E-state index in [9.17, 15) is 19.7 Å². The third-order valence-corrected chi connectivity index (χ3v) is 6.69. The molecular weight excluding hydrogens is 532 g/mol. The van der Waals surface area contributed by atoms with Crippen molar-refractivity contribution in [1.82, 2.24) is 5.32 Å². The molecule has 214 valence electrons. The molecule has 42 heavy (non-hydrogen) atoms. The maximum Gasteiger partial charge on any atom is 0.337 e. The zero-order valence-electron chi connectivity index (χ0n) is 23.7. The predicted molar refractivity (Wildman–Crippen MR) is 162 cm³/mol. The molecule has 0 spiro atoms. The predicted octanol–water partition coefficient (Wildman–Crippen LogP) is 6.73. The molecule has 8 nitrogen and oxygen atoms in total. The zero-order valence-corrected chi connectivity index (χ0v) is 23.7. The number of nitrogens with one attached hydrogen (secondary N) is 1. The molecule has 0 saturated carbocycles. The first-order valence-electron chi connectivity index (χ1n) is 13.5. The van der Waals surface area contributed by atoms with Crippen molar-refractivity contribution in [2.24, 2.45) is 0 Å². The summed E-state index contributed by atoms with van der Waals surface area (Å²) in [6.07, 6.45) is 6.58. The first kappa shape index (κ1) is 29.7. The summed E-state index contributed by atoms with van der Waals surface area (Å²) in [6, 6.07) is 25.1. The fourth-order valence-corrected chi connectivity index (χ4v) is 4.72. The Morgan fingerprint density at radius 3 is 2.10 bits per heavy atom. The highest BCUT2D eigenvalue weighted by molar-refractivity contribution is 6.00. The zero-order chi connectivity index (χ0) is 30.1. The molecule has 1 aliphatic rings. The third-order valence-electron chi connectivity index (χ3n) is 6.69. The Bertz CT molecular complexity index is 1570. The molecule has 0 saturated heterocycles. The molecule has 3 aromatic carbocycles. The van der Waals surface area contributed by atoms with Crippen LogP contribution >= 0.6 is 0 Å². The lowest BCUT2D eigenvalue weighted by molar-refractivity contribution is -0.384. The number of benzene rings is 3. The summed E-state index contributed by atoms with van der Waals surface area (Å²) in [6.45, 7) is 5.15. The molecule has 2 atom stereocenters. The molecule has 0 bridgehead atoms. The Hall–Kier alpha value is -5.24. The second kappa shape index (κ2) is 13.9. The van der Waals surface area contributed by atoms with Crippen molar-refractivity contribution in [3.05, 3.63) is 146 Å². The van der Waals surface area contributed by atoms with Crippen molar-refractivity contribution < 1.29 is 24.0 Å². The lowest BCUT2D eigenvalue weighted by atomic mass is 9.80. The van der Waals surface area contributed by atoms with E-state index in [0.29, 0.717) is 17.0 Å². The molecule has 1 heterocycles. The number of carbonyl (C=O) groups is 2. The number of ether oxygens (including phenoxy) is 2. The summed E-state index contributed by atoms with van der Waals surface area (Å²) < 4.78 is 11.4. The van der Waals surface area contributed by atoms with Crippen molar-refractivity contribution >= 4 is 29.8 Å². The van der Waals surface area contributed by atoms with E-state index in [4.69, 9.17) is 9.47 Å². The van der Waals surface area contributed by atoms with Gasteiger partial charge in [0.2, 0.25) is 0 Å². The van der Waals surface area contributed by atoms with Crippen molar-refractivity contribution in [3.8, 4) is 0 Å². The molecule has 8 heteroatoms. The largest absolute Gasteiger partial charge is 0.458 e. The molecule has 2 unspecified atom stereocenters. The van der Waals surface area contributed by atoms with Gasteiger partial charge < -0.3 is 14.8 Å². The molecule has 4 rings (SSSR count). The Balaban J connectivity index is 1.62. The van der Waals surface area contributed by atoms with Crippen molar-refractivity contribution in [2.75, 3.05) is 6.61 Å². The second-order valence-corrected chi connectivity index (χ2v) is 9.78. The normalized spacial score (nSPS) is 15.9. The number of carbonyl (C=O) groups excluding carboxylic acids is 2. The quantitative estimate of drug-likeness (QED) is 0.165. The van der Waals surface area contributed by atoms with E-state index >= 15 is 0 Å². The molecule has 0 aromatic heterocycles. The maximum absolute atomic E-state index is 13.7. The van der Waals surface area contributed by atoms with Crippen LogP contribution in [0.5, 0.6) is 0 Å². The number of hydrogen-bond acceptors (Lipinski definition) is 7. The Morgan fingerprint density at radius 1 is 0.881 bits per heavy atom. The smallest absolute Gasteiger partial charge is 0.337 e. The average molecular weight is 565 g/mol. The fourth-order valence-electron chi connectivity index (χ4n) is 4.72. The van der Waals surface area contributed by atoms with Crippen molar-refractivity contribution in [3.63, 3.8) is 0 Å². The maximum atomic E-state index is 13.7. The molecule has 0 radical (unpaired) electrons. The SMILES string of the molecule is CC1=C(C(=O)OC/C=C/c2ccccc2)C(c2cccc([N+](=O)[O-])c2)C(C(=O)OC(C)C=Cc2ccccc2)=C(C)N1. The van der Waals surface area contributed by atoms with E-state index in [1.807, 2.05) is 72.8 Å². The highest BCUT2D eigenvalue weighted by Crippen LogP contribution is 2.40. The highest BCUT2D eigenvalue weighted by atomic mass is 16.6. The van der Waals surface area contributed by atoms with Gasteiger partial charge in [0.15, 0.2) is 0 Å². The van der Waals surface area contributed by atoms with Gasteiger partial charge in [-0.2, -0.15) is 0 Å². The minimum absolute atomic E-state index is 0.00401. The molecule has 0 aliphatic carbocycles. The van der Waals surface area contributed by atoms with Crippen LogP contribution in [0.3, 0.4) is 0 Å².